The van der Waals surface area contributed by atoms with Gasteiger partial charge in [-0.1, -0.05) is 6.92 Å². The minimum absolute atomic E-state index is 0.0242. The summed E-state index contributed by atoms with van der Waals surface area (Å²) in [4.78, 5) is 15.5. The van der Waals surface area contributed by atoms with E-state index in [0.717, 1.165) is 19.6 Å². The molecule has 0 radical (unpaired) electrons. The lowest BCUT2D eigenvalue weighted by atomic mass is 10.1. The van der Waals surface area contributed by atoms with E-state index in [0.29, 0.717) is 25.6 Å². The van der Waals surface area contributed by atoms with Crippen LogP contribution in [0.15, 0.2) is 0 Å². The van der Waals surface area contributed by atoms with Crippen molar-refractivity contribution < 1.29 is 18.0 Å². The number of hydrogen-bond acceptors (Lipinski definition) is 4. The lowest BCUT2D eigenvalue weighted by Crippen LogP contribution is -2.51. The second kappa shape index (κ2) is 7.80. The van der Waals surface area contributed by atoms with Crippen LogP contribution in [-0.4, -0.2) is 74.2 Å². The zero-order chi connectivity index (χ0) is 15.2. The van der Waals surface area contributed by atoms with Crippen molar-refractivity contribution in [3.63, 3.8) is 0 Å². The van der Waals surface area contributed by atoms with Gasteiger partial charge in [-0.15, -0.1) is 0 Å². The number of hydrogen-bond donors (Lipinski definition) is 2. The molecular formula is C12H23F3N4O. The predicted octanol–water partition coefficient (Wildman–Crippen LogP) is -0.123. The Hall–Kier alpha value is -0.860. The van der Waals surface area contributed by atoms with E-state index in [9.17, 15) is 18.0 Å². The Morgan fingerprint density at radius 3 is 2.30 bits per heavy atom. The van der Waals surface area contributed by atoms with Crippen LogP contribution in [0.4, 0.5) is 13.2 Å². The molecule has 1 heterocycles. The first kappa shape index (κ1) is 17.2. The molecule has 1 rings (SSSR count). The van der Waals surface area contributed by atoms with E-state index in [1.54, 1.807) is 0 Å². The summed E-state index contributed by atoms with van der Waals surface area (Å²) in [5.41, 5.74) is 5.57. The SMILES string of the molecule is CC(CN)CN1CCN(CC(=O)NCC(F)(F)F)CC1. The highest BCUT2D eigenvalue weighted by Gasteiger charge is 2.28. The van der Waals surface area contributed by atoms with E-state index in [4.69, 9.17) is 5.73 Å². The first-order valence-corrected chi connectivity index (χ1v) is 6.78. The van der Waals surface area contributed by atoms with Crippen LogP contribution < -0.4 is 11.1 Å². The number of carbonyl (C=O) groups excluding carboxylic acids is 1. The number of nitrogens with zero attached hydrogens (tertiary/aromatic N) is 2. The Labute approximate surface area is 117 Å². The van der Waals surface area contributed by atoms with E-state index in [-0.39, 0.29) is 6.54 Å². The molecule has 0 spiro atoms. The summed E-state index contributed by atoms with van der Waals surface area (Å²) in [6.07, 6.45) is -4.35. The van der Waals surface area contributed by atoms with Crippen molar-refractivity contribution in [2.24, 2.45) is 11.7 Å². The average molecular weight is 296 g/mol. The van der Waals surface area contributed by atoms with Gasteiger partial charge in [-0.3, -0.25) is 9.69 Å². The summed E-state index contributed by atoms with van der Waals surface area (Å²) >= 11 is 0. The van der Waals surface area contributed by atoms with Crippen LogP contribution >= 0.6 is 0 Å². The maximum atomic E-state index is 12.0. The first-order chi connectivity index (χ1) is 9.30. The summed E-state index contributed by atoms with van der Waals surface area (Å²) < 4.78 is 35.9. The van der Waals surface area contributed by atoms with Gasteiger partial charge in [0.2, 0.25) is 5.91 Å². The van der Waals surface area contributed by atoms with E-state index in [1.165, 1.54) is 0 Å². The monoisotopic (exact) mass is 296 g/mol. The summed E-state index contributed by atoms with van der Waals surface area (Å²) in [6, 6.07) is 0. The van der Waals surface area contributed by atoms with Gasteiger partial charge in [0.1, 0.15) is 6.54 Å². The van der Waals surface area contributed by atoms with E-state index in [2.05, 4.69) is 11.8 Å². The average Bonchev–Trinajstić information content (AvgIpc) is 2.38. The van der Waals surface area contributed by atoms with Gasteiger partial charge in [-0.05, 0) is 12.5 Å². The van der Waals surface area contributed by atoms with Gasteiger partial charge < -0.3 is 16.0 Å². The van der Waals surface area contributed by atoms with Crippen molar-refractivity contribution in [3.05, 3.63) is 0 Å². The zero-order valence-corrected chi connectivity index (χ0v) is 11.7. The highest BCUT2D eigenvalue weighted by Crippen LogP contribution is 2.12. The molecule has 5 nitrogen and oxygen atoms in total. The molecule has 0 bridgehead atoms. The molecule has 1 saturated heterocycles. The topological polar surface area (TPSA) is 61.6 Å². The maximum Gasteiger partial charge on any atom is 0.405 e. The fourth-order valence-electron chi connectivity index (χ4n) is 2.10. The van der Waals surface area contributed by atoms with Crippen molar-refractivity contribution in [1.82, 2.24) is 15.1 Å². The lowest BCUT2D eigenvalue weighted by molar-refractivity contribution is -0.139. The van der Waals surface area contributed by atoms with Gasteiger partial charge in [0.15, 0.2) is 0 Å². The maximum absolute atomic E-state index is 12.0. The summed E-state index contributed by atoms with van der Waals surface area (Å²) in [6.45, 7) is 5.42. The van der Waals surface area contributed by atoms with E-state index >= 15 is 0 Å². The first-order valence-electron chi connectivity index (χ1n) is 6.78. The lowest BCUT2D eigenvalue weighted by Gasteiger charge is -2.35. The second-order valence-electron chi connectivity index (χ2n) is 5.31. The largest absolute Gasteiger partial charge is 0.405 e. The minimum Gasteiger partial charge on any atom is -0.346 e. The van der Waals surface area contributed by atoms with Gasteiger partial charge in [0, 0.05) is 32.7 Å². The number of halogens is 3. The quantitative estimate of drug-likeness (QED) is 0.717. The molecule has 118 valence electrons. The zero-order valence-electron chi connectivity index (χ0n) is 11.7. The van der Waals surface area contributed by atoms with Crippen LogP contribution in [0.2, 0.25) is 0 Å². The van der Waals surface area contributed by atoms with Crippen molar-refractivity contribution in [3.8, 4) is 0 Å². The molecule has 1 fully saturated rings. The number of nitrogens with two attached hydrogens (primary N) is 1. The fraction of sp³-hybridized carbons (Fsp3) is 0.917. The van der Waals surface area contributed by atoms with E-state index in [1.807, 2.05) is 10.2 Å². The van der Waals surface area contributed by atoms with E-state index < -0.39 is 18.6 Å². The molecule has 1 unspecified atom stereocenters. The number of amides is 1. The number of piperazine rings is 1. The van der Waals surface area contributed by atoms with Crippen LogP contribution in [0.1, 0.15) is 6.92 Å². The Kier molecular flexibility index (Phi) is 6.70. The molecule has 1 atom stereocenters. The van der Waals surface area contributed by atoms with Crippen molar-refractivity contribution >= 4 is 5.91 Å². The Morgan fingerprint density at radius 1 is 1.25 bits per heavy atom. The van der Waals surface area contributed by atoms with Crippen LogP contribution in [0.3, 0.4) is 0 Å². The smallest absolute Gasteiger partial charge is 0.346 e. The normalized spacial score (nSPS) is 19.9. The fourth-order valence-corrected chi connectivity index (χ4v) is 2.10. The molecule has 1 amide bonds. The van der Waals surface area contributed by atoms with Gasteiger partial charge in [-0.25, -0.2) is 0 Å². The Bertz CT molecular complexity index is 304. The molecule has 0 aliphatic carbocycles. The molecule has 0 aromatic rings. The Balaban J connectivity index is 2.20. The molecule has 0 aromatic carbocycles. The molecule has 1 aliphatic rings. The number of carbonyl (C=O) groups is 1. The number of rotatable bonds is 6. The molecule has 3 N–H and O–H groups in total. The van der Waals surface area contributed by atoms with Crippen LogP contribution in [0.25, 0.3) is 0 Å². The predicted molar refractivity (Wildman–Crippen MR) is 70.2 cm³/mol. The van der Waals surface area contributed by atoms with Gasteiger partial charge in [0.05, 0.1) is 6.54 Å². The third kappa shape index (κ3) is 7.06. The summed E-state index contributed by atoms with van der Waals surface area (Å²) in [5, 5.41) is 1.89. The van der Waals surface area contributed by atoms with Gasteiger partial charge in [-0.2, -0.15) is 13.2 Å². The minimum atomic E-state index is -4.35. The number of alkyl halides is 3. The summed E-state index contributed by atoms with van der Waals surface area (Å²) in [5.74, 6) is -0.150. The van der Waals surface area contributed by atoms with Crippen molar-refractivity contribution in [2.75, 3.05) is 52.4 Å². The Morgan fingerprint density at radius 2 is 1.80 bits per heavy atom. The third-order valence-electron chi connectivity index (χ3n) is 3.29. The highest BCUT2D eigenvalue weighted by molar-refractivity contribution is 5.78. The van der Waals surface area contributed by atoms with Crippen molar-refractivity contribution in [1.29, 1.82) is 0 Å². The molecule has 8 heteroatoms. The summed E-state index contributed by atoms with van der Waals surface area (Å²) in [7, 11) is 0. The molecule has 0 aromatic heterocycles. The number of nitrogens with one attached hydrogen (secondary N) is 1. The third-order valence-corrected chi connectivity index (χ3v) is 3.29. The van der Waals surface area contributed by atoms with Gasteiger partial charge in [0.25, 0.3) is 0 Å². The molecule has 1 aliphatic heterocycles. The highest BCUT2D eigenvalue weighted by atomic mass is 19.4. The van der Waals surface area contributed by atoms with Gasteiger partial charge >= 0.3 is 6.18 Å². The van der Waals surface area contributed by atoms with Crippen molar-refractivity contribution in [2.45, 2.75) is 13.1 Å². The van der Waals surface area contributed by atoms with Crippen LogP contribution in [0.5, 0.6) is 0 Å². The van der Waals surface area contributed by atoms with Crippen LogP contribution in [0, 0.1) is 5.92 Å². The van der Waals surface area contributed by atoms with Crippen LogP contribution in [-0.2, 0) is 4.79 Å². The molecule has 20 heavy (non-hydrogen) atoms. The standard InChI is InChI=1S/C12H23F3N4O/c1-10(6-16)7-18-2-4-19(5-3-18)8-11(20)17-9-12(13,14)15/h10H,2-9,16H2,1H3,(H,17,20). The second-order valence-corrected chi connectivity index (χ2v) is 5.31. The molecular weight excluding hydrogens is 273 g/mol. The molecule has 0 saturated carbocycles.